The van der Waals surface area contributed by atoms with E-state index in [1.54, 1.807) is 18.5 Å². The van der Waals surface area contributed by atoms with E-state index in [9.17, 15) is 0 Å². The van der Waals surface area contributed by atoms with Crippen molar-refractivity contribution >= 4 is 26.3 Å². The molecule has 2 heteroatoms. The summed E-state index contributed by atoms with van der Waals surface area (Å²) in [6, 6.07) is 0. The van der Waals surface area contributed by atoms with E-state index in [-0.39, 0.29) is 0 Å². The van der Waals surface area contributed by atoms with Gasteiger partial charge in [0.2, 0.25) is 0 Å². The molecule has 0 aromatic heterocycles. The third kappa shape index (κ3) is 8.24. The minimum atomic E-state index is -1.39. The Labute approximate surface area is 136 Å². The molecule has 0 aromatic rings. The van der Waals surface area contributed by atoms with Crippen LogP contribution in [0.1, 0.15) is 85.5 Å². The third-order valence-electron chi connectivity index (χ3n) is 4.75. The van der Waals surface area contributed by atoms with Crippen LogP contribution in [-0.4, -0.2) is 24.6 Å². The average molecular weight is 400 g/mol. The molecular formula is C17H38IP. The topological polar surface area (TPSA) is 0 Å². The van der Waals surface area contributed by atoms with E-state index in [0.717, 1.165) is 0 Å². The SMILES string of the molecule is CCCCCP(I)(CC)(CCCCC)CCCCC. The van der Waals surface area contributed by atoms with Crippen molar-refractivity contribution in [2.45, 2.75) is 85.5 Å². The monoisotopic (exact) mass is 400 g/mol. The van der Waals surface area contributed by atoms with Gasteiger partial charge in [-0.05, 0) is 0 Å². The van der Waals surface area contributed by atoms with E-state index in [4.69, 9.17) is 0 Å². The summed E-state index contributed by atoms with van der Waals surface area (Å²) >= 11 is 3.02. The first-order valence-electron chi connectivity index (χ1n) is 8.76. The molecule has 0 atom stereocenters. The average Bonchev–Trinajstić information content (AvgIpc) is 2.40. The van der Waals surface area contributed by atoms with E-state index < -0.39 is 4.25 Å². The number of halogens is 1. The standard InChI is InChI=1S/C17H38IP/c1-5-9-12-15-19(18,8-4,16-13-10-6-2)17-14-11-7-3/h5-17H2,1-4H3. The normalized spacial score (nSPS) is 14.3. The molecule has 0 saturated carbocycles. The molecule has 19 heavy (non-hydrogen) atoms. The summed E-state index contributed by atoms with van der Waals surface area (Å²) in [7, 11) is 0. The van der Waals surface area contributed by atoms with Crippen molar-refractivity contribution < 1.29 is 0 Å². The van der Waals surface area contributed by atoms with Crippen LogP contribution in [0.3, 0.4) is 0 Å². The van der Waals surface area contributed by atoms with Crippen LogP contribution < -0.4 is 0 Å². The van der Waals surface area contributed by atoms with E-state index in [1.165, 1.54) is 63.9 Å². The molecule has 0 amide bonds. The second-order valence-electron chi connectivity index (χ2n) is 6.43. The summed E-state index contributed by atoms with van der Waals surface area (Å²) in [5.74, 6) is 0. The fraction of sp³-hybridized carbons (Fsp3) is 1.00. The van der Waals surface area contributed by atoms with Crippen molar-refractivity contribution in [2.75, 3.05) is 24.6 Å². The first-order chi connectivity index (χ1) is 9.04. The Morgan fingerprint density at radius 1 is 0.579 bits per heavy atom. The summed E-state index contributed by atoms with van der Waals surface area (Å²) < 4.78 is -1.39. The molecule has 0 saturated heterocycles. The van der Waals surface area contributed by atoms with Gasteiger partial charge >= 0.3 is 136 Å². The zero-order chi connectivity index (χ0) is 14.6. The third-order valence-corrected chi connectivity index (χ3v) is 17.0. The van der Waals surface area contributed by atoms with Gasteiger partial charge in [-0.1, -0.05) is 0 Å². The van der Waals surface area contributed by atoms with Gasteiger partial charge in [-0.2, -0.15) is 0 Å². The van der Waals surface area contributed by atoms with Gasteiger partial charge in [0.1, 0.15) is 0 Å². The Bertz CT molecular complexity index is 186. The van der Waals surface area contributed by atoms with Crippen LogP contribution in [0, 0.1) is 0 Å². The van der Waals surface area contributed by atoms with Gasteiger partial charge in [0.05, 0.1) is 0 Å². The Morgan fingerprint density at radius 2 is 0.895 bits per heavy atom. The van der Waals surface area contributed by atoms with Crippen molar-refractivity contribution in [3.05, 3.63) is 0 Å². The van der Waals surface area contributed by atoms with Crippen LogP contribution in [0.5, 0.6) is 0 Å². The predicted octanol–water partition coefficient (Wildman–Crippen LogP) is 7.48. The van der Waals surface area contributed by atoms with Crippen molar-refractivity contribution in [1.29, 1.82) is 0 Å². The van der Waals surface area contributed by atoms with Gasteiger partial charge in [0, 0.05) is 0 Å². The maximum atomic E-state index is 3.02. The van der Waals surface area contributed by atoms with Gasteiger partial charge in [-0.3, -0.25) is 0 Å². The second kappa shape index (κ2) is 10.8. The van der Waals surface area contributed by atoms with Gasteiger partial charge in [0.25, 0.3) is 0 Å². The van der Waals surface area contributed by atoms with Gasteiger partial charge in [0.15, 0.2) is 0 Å². The second-order valence-corrected chi connectivity index (χ2v) is 20.2. The predicted molar refractivity (Wildman–Crippen MR) is 105 cm³/mol. The molecule has 0 aliphatic carbocycles. The summed E-state index contributed by atoms with van der Waals surface area (Å²) in [6.07, 6.45) is 19.1. The Hall–Kier alpha value is 1.16. The minimum absolute atomic E-state index is 1.37. The van der Waals surface area contributed by atoms with Crippen LogP contribution >= 0.6 is 26.3 Å². The molecule has 0 rings (SSSR count). The van der Waals surface area contributed by atoms with Crippen molar-refractivity contribution in [3.63, 3.8) is 0 Å². The molecule has 0 unspecified atom stereocenters. The molecule has 0 aliphatic heterocycles. The van der Waals surface area contributed by atoms with Gasteiger partial charge < -0.3 is 0 Å². The Balaban J connectivity index is 4.59. The molecule has 0 fully saturated rings. The Morgan fingerprint density at radius 3 is 1.11 bits per heavy atom. The molecule has 0 N–H and O–H groups in total. The van der Waals surface area contributed by atoms with Crippen LogP contribution in [-0.2, 0) is 0 Å². The molecular weight excluding hydrogens is 362 g/mol. The maximum absolute atomic E-state index is 3.02. The zero-order valence-corrected chi connectivity index (χ0v) is 17.1. The van der Waals surface area contributed by atoms with E-state index in [0.29, 0.717) is 0 Å². The Kier molecular flexibility index (Phi) is 11.5. The van der Waals surface area contributed by atoms with Crippen LogP contribution in [0.4, 0.5) is 0 Å². The number of hydrogen-bond acceptors (Lipinski definition) is 0. The van der Waals surface area contributed by atoms with Crippen molar-refractivity contribution in [2.24, 2.45) is 0 Å². The quantitative estimate of drug-likeness (QED) is 0.171. The van der Waals surface area contributed by atoms with E-state index in [1.807, 2.05) is 0 Å². The molecule has 0 spiro atoms. The molecule has 0 heterocycles. The van der Waals surface area contributed by atoms with Crippen LogP contribution in [0.2, 0.25) is 0 Å². The number of unbranched alkanes of at least 4 members (excludes halogenated alkanes) is 6. The number of hydrogen-bond donors (Lipinski definition) is 0. The van der Waals surface area contributed by atoms with Gasteiger partial charge in [-0.15, -0.1) is 0 Å². The molecule has 0 aliphatic rings. The van der Waals surface area contributed by atoms with Crippen LogP contribution in [0.25, 0.3) is 0 Å². The van der Waals surface area contributed by atoms with Gasteiger partial charge in [-0.25, -0.2) is 0 Å². The van der Waals surface area contributed by atoms with Crippen molar-refractivity contribution in [1.82, 2.24) is 0 Å². The summed E-state index contributed by atoms with van der Waals surface area (Å²) in [4.78, 5) is 0. The first kappa shape index (κ1) is 20.2. The number of rotatable bonds is 13. The zero-order valence-electron chi connectivity index (χ0n) is 14.0. The molecule has 0 bridgehead atoms. The summed E-state index contributed by atoms with van der Waals surface area (Å²) in [6.45, 7) is 9.50. The van der Waals surface area contributed by atoms with Crippen LogP contribution in [0.15, 0.2) is 0 Å². The fourth-order valence-electron chi connectivity index (χ4n) is 3.08. The summed E-state index contributed by atoms with van der Waals surface area (Å²) in [5.41, 5.74) is 0. The molecule has 118 valence electrons. The van der Waals surface area contributed by atoms with Crippen molar-refractivity contribution in [3.8, 4) is 0 Å². The summed E-state index contributed by atoms with van der Waals surface area (Å²) in [5, 5.41) is 0. The molecule has 0 nitrogen and oxygen atoms in total. The molecule has 0 aromatic carbocycles. The van der Waals surface area contributed by atoms with E-state index >= 15 is 0 Å². The first-order valence-corrected chi connectivity index (χ1v) is 14.5. The molecule has 0 radical (unpaired) electrons. The fourth-order valence-corrected chi connectivity index (χ4v) is 10.8. The van der Waals surface area contributed by atoms with E-state index in [2.05, 4.69) is 49.7 Å².